The van der Waals surface area contributed by atoms with Crippen molar-refractivity contribution < 1.29 is 0 Å². The number of nitrogens with zero attached hydrogens (tertiary/aromatic N) is 1. The molecule has 1 nitrogen and oxygen atoms in total. The average Bonchev–Trinajstić information content (AvgIpc) is 1.88. The predicted molar refractivity (Wildman–Crippen MR) is 43.5 cm³/mol. The monoisotopic (exact) mass is 123 g/mol. The first-order valence-electron chi connectivity index (χ1n) is 3.72. The summed E-state index contributed by atoms with van der Waals surface area (Å²) in [5.74, 6) is 0. The average molecular weight is 123 g/mol. The van der Waals surface area contributed by atoms with Gasteiger partial charge in [0.15, 0.2) is 0 Å². The fraction of sp³-hybridized carbons (Fsp3) is 0.857. The molecule has 0 aliphatic carbocycles. The van der Waals surface area contributed by atoms with Crippen molar-refractivity contribution in [1.29, 1.82) is 0 Å². The van der Waals surface area contributed by atoms with E-state index in [1.807, 2.05) is 0 Å². The first-order chi connectivity index (χ1) is 4.33. The van der Waals surface area contributed by atoms with Gasteiger partial charge in [0.2, 0.25) is 0 Å². The third-order valence-electron chi connectivity index (χ3n) is 1.90. The second kappa shape index (κ2) is 3.16. The Bertz CT molecular complexity index is 111. The van der Waals surface area contributed by atoms with E-state index in [4.69, 9.17) is 0 Å². The molecule has 2 heteroatoms. The quantitative estimate of drug-likeness (QED) is 0.449. The fourth-order valence-corrected chi connectivity index (χ4v) is 1.30. The van der Waals surface area contributed by atoms with Crippen LogP contribution in [0.15, 0.2) is 0 Å². The van der Waals surface area contributed by atoms with Crippen molar-refractivity contribution >= 4 is 13.0 Å². The molecule has 1 rings (SSSR count). The molecule has 0 aromatic carbocycles. The van der Waals surface area contributed by atoms with Crippen LogP contribution in [0, 0.1) is 0 Å². The molecule has 1 aliphatic rings. The van der Waals surface area contributed by atoms with Crippen LogP contribution in [-0.4, -0.2) is 37.5 Å². The molecule has 0 atom stereocenters. The van der Waals surface area contributed by atoms with E-state index in [-0.39, 0.29) is 0 Å². The standard InChI is InChI=1S/C7H14BN/c1-2-9-5-3-4-7(8)6-9/h8H,2-6H2,1H3. The van der Waals surface area contributed by atoms with Crippen LogP contribution in [0.25, 0.3) is 0 Å². The molecule has 0 unspecified atom stereocenters. The van der Waals surface area contributed by atoms with Gasteiger partial charge in [-0.2, -0.15) is 0 Å². The van der Waals surface area contributed by atoms with Crippen LogP contribution in [0.3, 0.4) is 0 Å². The predicted octanol–water partition coefficient (Wildman–Crippen LogP) is 0.175. The van der Waals surface area contributed by atoms with E-state index in [0.717, 1.165) is 6.54 Å². The van der Waals surface area contributed by atoms with E-state index in [0.29, 0.717) is 0 Å². The van der Waals surface area contributed by atoms with Crippen molar-refractivity contribution in [3.63, 3.8) is 0 Å². The minimum atomic E-state index is 1.14. The van der Waals surface area contributed by atoms with Gasteiger partial charge in [-0.15, -0.1) is 0 Å². The first kappa shape index (κ1) is 7.01. The van der Waals surface area contributed by atoms with Crippen molar-refractivity contribution in [2.75, 3.05) is 19.6 Å². The van der Waals surface area contributed by atoms with Crippen LogP contribution in [0.4, 0.5) is 0 Å². The topological polar surface area (TPSA) is 3.24 Å². The molecule has 1 heterocycles. The van der Waals surface area contributed by atoms with E-state index in [1.54, 1.807) is 0 Å². The summed E-state index contributed by atoms with van der Waals surface area (Å²) < 4.78 is 0. The van der Waals surface area contributed by atoms with Gasteiger partial charge in [-0.3, -0.25) is 0 Å². The van der Waals surface area contributed by atoms with Gasteiger partial charge in [-0.1, -0.05) is 0 Å². The van der Waals surface area contributed by atoms with Crippen LogP contribution < -0.4 is 0 Å². The molecule has 1 fully saturated rings. The maximum atomic E-state index is 3.97. The zero-order valence-corrected chi connectivity index (χ0v) is 6.19. The zero-order valence-electron chi connectivity index (χ0n) is 6.19. The van der Waals surface area contributed by atoms with E-state index in [1.165, 1.54) is 31.4 Å². The van der Waals surface area contributed by atoms with Crippen molar-refractivity contribution in [2.24, 2.45) is 0 Å². The maximum absolute atomic E-state index is 3.97. The first-order valence-corrected chi connectivity index (χ1v) is 3.72. The Hall–Kier alpha value is -0.105. The molecule has 0 amide bonds. The molecule has 50 valence electrons. The second-order valence-corrected chi connectivity index (χ2v) is 2.72. The van der Waals surface area contributed by atoms with Crippen LogP contribution >= 0.6 is 0 Å². The van der Waals surface area contributed by atoms with Gasteiger partial charge in [-0.25, -0.2) is 0 Å². The molecule has 0 aromatic heterocycles. The van der Waals surface area contributed by atoms with E-state index >= 15 is 0 Å². The van der Waals surface area contributed by atoms with Gasteiger partial charge < -0.3 is 0 Å². The molecular formula is C7H14BN. The SMILES string of the molecule is B=C1CCCN(CC)C1. The summed E-state index contributed by atoms with van der Waals surface area (Å²) in [5.41, 5.74) is 1.41. The van der Waals surface area contributed by atoms with Gasteiger partial charge in [0.1, 0.15) is 0 Å². The Balaban J connectivity index is 2.32. The van der Waals surface area contributed by atoms with Gasteiger partial charge in [0.05, 0.1) is 0 Å². The molecule has 1 aliphatic heterocycles. The number of hydrogen-bond acceptors (Lipinski definition) is 1. The molecule has 1 saturated heterocycles. The molecular weight excluding hydrogens is 109 g/mol. The number of hydrogen-bond donors (Lipinski definition) is 0. The van der Waals surface area contributed by atoms with Crippen molar-refractivity contribution in [3.05, 3.63) is 0 Å². The summed E-state index contributed by atoms with van der Waals surface area (Å²) in [7, 11) is 3.97. The third kappa shape index (κ3) is 1.94. The Morgan fingerprint density at radius 2 is 2.44 bits per heavy atom. The fourth-order valence-electron chi connectivity index (χ4n) is 1.30. The van der Waals surface area contributed by atoms with E-state index < -0.39 is 0 Å². The summed E-state index contributed by atoms with van der Waals surface area (Å²) >= 11 is 0. The molecule has 0 aromatic rings. The molecule has 0 spiro atoms. The van der Waals surface area contributed by atoms with Crippen LogP contribution in [-0.2, 0) is 0 Å². The number of rotatable bonds is 1. The van der Waals surface area contributed by atoms with E-state index in [9.17, 15) is 0 Å². The van der Waals surface area contributed by atoms with Crippen LogP contribution in [0.1, 0.15) is 19.8 Å². The molecule has 9 heavy (non-hydrogen) atoms. The van der Waals surface area contributed by atoms with Gasteiger partial charge >= 0.3 is 57.3 Å². The Kier molecular flexibility index (Phi) is 2.46. The number of piperidine rings is 1. The summed E-state index contributed by atoms with van der Waals surface area (Å²) in [6.45, 7) is 5.80. The van der Waals surface area contributed by atoms with Crippen molar-refractivity contribution in [1.82, 2.24) is 4.90 Å². The molecule has 0 N–H and O–H groups in total. The zero-order chi connectivity index (χ0) is 6.69. The normalized spacial score (nSPS) is 22.4. The van der Waals surface area contributed by atoms with E-state index in [2.05, 4.69) is 19.3 Å². The van der Waals surface area contributed by atoms with Gasteiger partial charge in [0, 0.05) is 0 Å². The van der Waals surface area contributed by atoms with Crippen molar-refractivity contribution in [2.45, 2.75) is 19.8 Å². The molecule has 0 saturated carbocycles. The van der Waals surface area contributed by atoms with Gasteiger partial charge in [0.25, 0.3) is 0 Å². The third-order valence-corrected chi connectivity index (χ3v) is 1.90. The summed E-state index contributed by atoms with van der Waals surface area (Å²) in [6, 6.07) is 0. The summed E-state index contributed by atoms with van der Waals surface area (Å²) in [4.78, 5) is 2.44. The van der Waals surface area contributed by atoms with Crippen molar-refractivity contribution in [3.8, 4) is 0 Å². The van der Waals surface area contributed by atoms with Crippen LogP contribution in [0.5, 0.6) is 0 Å². The summed E-state index contributed by atoms with van der Waals surface area (Å²) in [5, 5.41) is 0. The minimum absolute atomic E-state index is 1.14. The second-order valence-electron chi connectivity index (χ2n) is 2.72. The van der Waals surface area contributed by atoms with Gasteiger partial charge in [-0.05, 0) is 0 Å². The Morgan fingerprint density at radius 1 is 1.67 bits per heavy atom. The Labute approximate surface area is 58.1 Å². The Morgan fingerprint density at radius 3 is 2.89 bits per heavy atom. The molecule has 0 bridgehead atoms. The number of likely N-dealkylation sites (tertiary alicyclic amines) is 1. The summed E-state index contributed by atoms with van der Waals surface area (Å²) in [6.07, 6.45) is 2.56. The molecule has 0 radical (unpaired) electrons. The van der Waals surface area contributed by atoms with Crippen LogP contribution in [0.2, 0.25) is 0 Å².